The van der Waals surface area contributed by atoms with Gasteiger partial charge < -0.3 is 10.6 Å². The zero-order valence-corrected chi connectivity index (χ0v) is 23.0. The van der Waals surface area contributed by atoms with Crippen LogP contribution in [0, 0.1) is 11.8 Å². The van der Waals surface area contributed by atoms with Gasteiger partial charge in [0.15, 0.2) is 5.69 Å². The molecule has 0 aliphatic rings. The number of carbonyl (C=O) groups is 1. The molecule has 8 heteroatoms. The summed E-state index contributed by atoms with van der Waals surface area (Å²) in [6, 6.07) is 1.09. The minimum atomic E-state index is -4.57. The van der Waals surface area contributed by atoms with Crippen LogP contribution >= 0.6 is 0 Å². The number of nitrogens with one attached hydrogen (secondary N) is 2. The van der Waals surface area contributed by atoms with Gasteiger partial charge in [0.05, 0.1) is 17.8 Å². The van der Waals surface area contributed by atoms with E-state index in [1.54, 1.807) is 26.0 Å². The van der Waals surface area contributed by atoms with Gasteiger partial charge in [-0.05, 0) is 62.9 Å². The monoisotopic (exact) mass is 508 g/mol. The molecule has 0 aliphatic heterocycles. The van der Waals surface area contributed by atoms with E-state index in [9.17, 15) is 18.0 Å². The van der Waals surface area contributed by atoms with Crippen molar-refractivity contribution in [2.75, 3.05) is 7.05 Å². The molecular weight excluding hydrogens is 465 g/mol. The molecule has 1 rings (SSSR count). The minimum absolute atomic E-state index is 0.0845. The van der Waals surface area contributed by atoms with Gasteiger partial charge in [-0.1, -0.05) is 64.5 Å². The average Bonchev–Trinajstić information content (AvgIpc) is 3.20. The molecule has 1 aromatic heterocycles. The summed E-state index contributed by atoms with van der Waals surface area (Å²) >= 11 is 0. The standard InChI is InChI=1S/C28H43F3N4O/c1-9-12-14-22(18-32-8)16-21(5)26(36)33-27(6,7)19-35-24(17-25(34-35)28(29,30)31)23(13-10-2)15-20(4)11-3/h10,12-15,17-18,20-21,32H,9,11,16,19H2,1-8H3,(H,33,36)/b13-10-,14-12+,22-18+,23-15+. The Morgan fingerprint density at radius 3 is 2.39 bits per heavy atom. The Morgan fingerprint density at radius 1 is 1.19 bits per heavy atom. The summed E-state index contributed by atoms with van der Waals surface area (Å²) in [5, 5.41) is 9.92. The number of allylic oxidation sites excluding steroid dienone is 7. The molecule has 202 valence electrons. The minimum Gasteiger partial charge on any atom is -0.394 e. The molecule has 2 N–H and O–H groups in total. The van der Waals surface area contributed by atoms with Gasteiger partial charge in [0.2, 0.25) is 5.91 Å². The summed E-state index contributed by atoms with van der Waals surface area (Å²) in [5.41, 5.74) is 0.264. The van der Waals surface area contributed by atoms with Crippen molar-refractivity contribution < 1.29 is 18.0 Å². The topological polar surface area (TPSA) is 59.0 Å². The first-order valence-corrected chi connectivity index (χ1v) is 12.6. The van der Waals surface area contributed by atoms with E-state index in [1.165, 1.54) is 4.68 Å². The van der Waals surface area contributed by atoms with Crippen LogP contribution in [-0.4, -0.2) is 28.3 Å². The molecule has 1 amide bonds. The van der Waals surface area contributed by atoms with E-state index in [4.69, 9.17) is 0 Å². The maximum Gasteiger partial charge on any atom is 0.435 e. The van der Waals surface area contributed by atoms with Crippen molar-refractivity contribution in [3.05, 3.63) is 59.6 Å². The molecule has 2 atom stereocenters. The van der Waals surface area contributed by atoms with Gasteiger partial charge in [-0.15, -0.1) is 0 Å². The number of carbonyl (C=O) groups excluding carboxylic acids is 1. The third kappa shape index (κ3) is 10.1. The molecule has 0 aromatic carbocycles. The molecule has 1 aromatic rings. The Labute approximate surface area is 214 Å². The molecule has 5 nitrogen and oxygen atoms in total. The highest BCUT2D eigenvalue weighted by Gasteiger charge is 2.36. The van der Waals surface area contributed by atoms with Crippen LogP contribution in [0.1, 0.15) is 79.1 Å². The van der Waals surface area contributed by atoms with Crippen LogP contribution in [0.15, 0.2) is 48.2 Å². The summed E-state index contributed by atoms with van der Waals surface area (Å²) < 4.78 is 42.1. The van der Waals surface area contributed by atoms with E-state index in [2.05, 4.69) is 15.7 Å². The van der Waals surface area contributed by atoms with Crippen molar-refractivity contribution in [1.29, 1.82) is 0 Å². The van der Waals surface area contributed by atoms with E-state index in [-0.39, 0.29) is 24.3 Å². The fraction of sp³-hybridized carbons (Fsp3) is 0.571. The smallest absolute Gasteiger partial charge is 0.394 e. The van der Waals surface area contributed by atoms with E-state index < -0.39 is 17.4 Å². The molecule has 2 unspecified atom stereocenters. The van der Waals surface area contributed by atoms with Crippen LogP contribution in [0.4, 0.5) is 13.2 Å². The Morgan fingerprint density at radius 2 is 1.86 bits per heavy atom. The van der Waals surface area contributed by atoms with Gasteiger partial charge in [-0.3, -0.25) is 9.48 Å². The summed E-state index contributed by atoms with van der Waals surface area (Å²) in [7, 11) is 1.81. The van der Waals surface area contributed by atoms with Crippen LogP contribution < -0.4 is 10.6 Å². The zero-order chi connectivity index (χ0) is 27.5. The SMILES string of the molecule is C/C=C\C(=C/C(C)CC)c1cc(C(F)(F)F)nn1CC(C)(C)NC(=O)C(C)CC(=C/NC)/C=C/CC. The van der Waals surface area contributed by atoms with Crippen molar-refractivity contribution >= 4 is 11.5 Å². The highest BCUT2D eigenvalue weighted by Crippen LogP contribution is 2.32. The number of nitrogens with zero attached hydrogens (tertiary/aromatic N) is 2. The second-order valence-electron chi connectivity index (χ2n) is 9.87. The molecule has 0 saturated carbocycles. The first-order chi connectivity index (χ1) is 16.8. The number of rotatable bonds is 13. The van der Waals surface area contributed by atoms with Crippen LogP contribution in [0.5, 0.6) is 0 Å². The maximum atomic E-state index is 13.6. The van der Waals surface area contributed by atoms with Crippen molar-refractivity contribution in [1.82, 2.24) is 20.4 Å². The molecule has 0 aliphatic carbocycles. The van der Waals surface area contributed by atoms with Gasteiger partial charge in [-0.2, -0.15) is 18.3 Å². The highest BCUT2D eigenvalue weighted by atomic mass is 19.4. The lowest BCUT2D eigenvalue weighted by molar-refractivity contribution is -0.141. The van der Waals surface area contributed by atoms with E-state index in [1.807, 2.05) is 66.1 Å². The van der Waals surface area contributed by atoms with Crippen LogP contribution in [0.3, 0.4) is 0 Å². The predicted molar refractivity (Wildman–Crippen MR) is 142 cm³/mol. The number of halogens is 3. The number of hydrogen-bond donors (Lipinski definition) is 2. The number of amides is 1. The van der Waals surface area contributed by atoms with Crippen LogP contribution in [0.2, 0.25) is 0 Å². The largest absolute Gasteiger partial charge is 0.435 e. The third-order valence-electron chi connectivity index (χ3n) is 5.71. The van der Waals surface area contributed by atoms with Crippen molar-refractivity contribution in [3.8, 4) is 0 Å². The lowest BCUT2D eigenvalue weighted by Crippen LogP contribution is -2.48. The van der Waals surface area contributed by atoms with Gasteiger partial charge in [0, 0.05) is 13.0 Å². The van der Waals surface area contributed by atoms with Gasteiger partial charge in [0.1, 0.15) is 0 Å². The predicted octanol–water partition coefficient (Wildman–Crippen LogP) is 6.90. The van der Waals surface area contributed by atoms with E-state index in [0.717, 1.165) is 24.5 Å². The first kappa shape index (κ1) is 31.3. The summed E-state index contributed by atoms with van der Waals surface area (Å²) in [4.78, 5) is 13.0. The van der Waals surface area contributed by atoms with Gasteiger partial charge >= 0.3 is 6.18 Å². The normalized spacial score (nSPS) is 15.5. The molecule has 0 saturated heterocycles. The molecule has 0 radical (unpaired) electrons. The lowest BCUT2D eigenvalue weighted by atomic mass is 9.97. The van der Waals surface area contributed by atoms with Gasteiger partial charge in [-0.25, -0.2) is 0 Å². The molecule has 0 spiro atoms. The number of hydrogen-bond acceptors (Lipinski definition) is 3. The van der Waals surface area contributed by atoms with E-state index in [0.29, 0.717) is 17.7 Å². The number of alkyl halides is 3. The Hall–Kier alpha value is -2.77. The van der Waals surface area contributed by atoms with Crippen molar-refractivity contribution in [2.45, 2.75) is 86.0 Å². The second kappa shape index (κ2) is 14.1. The molecule has 0 fully saturated rings. The van der Waals surface area contributed by atoms with Crippen LogP contribution in [-0.2, 0) is 17.5 Å². The fourth-order valence-corrected chi connectivity index (χ4v) is 3.69. The second-order valence-corrected chi connectivity index (χ2v) is 9.87. The fourth-order valence-electron chi connectivity index (χ4n) is 3.69. The summed E-state index contributed by atoms with van der Waals surface area (Å²) in [6.45, 7) is 13.4. The average molecular weight is 509 g/mol. The summed E-state index contributed by atoms with van der Waals surface area (Å²) in [6.07, 6.45) is 9.16. The van der Waals surface area contributed by atoms with Crippen molar-refractivity contribution in [3.63, 3.8) is 0 Å². The third-order valence-corrected chi connectivity index (χ3v) is 5.71. The number of aromatic nitrogens is 2. The van der Waals surface area contributed by atoms with Crippen molar-refractivity contribution in [2.24, 2.45) is 11.8 Å². The molecule has 0 bridgehead atoms. The highest BCUT2D eigenvalue weighted by molar-refractivity contribution is 5.79. The Bertz CT molecular complexity index is 968. The van der Waals surface area contributed by atoms with E-state index >= 15 is 0 Å². The van der Waals surface area contributed by atoms with Gasteiger partial charge in [0.25, 0.3) is 0 Å². The maximum absolute atomic E-state index is 13.6. The Kier molecular flexibility index (Phi) is 12.2. The first-order valence-electron chi connectivity index (χ1n) is 12.6. The molecular formula is C28H43F3N4O. The van der Waals surface area contributed by atoms with Crippen LogP contribution in [0.25, 0.3) is 5.57 Å². The molecule has 36 heavy (non-hydrogen) atoms. The zero-order valence-electron chi connectivity index (χ0n) is 23.0. The summed E-state index contributed by atoms with van der Waals surface area (Å²) in [5.74, 6) is -0.304. The lowest BCUT2D eigenvalue weighted by Gasteiger charge is -2.29. The molecule has 1 heterocycles. The quantitative estimate of drug-likeness (QED) is 0.285. The Balaban J connectivity index is 3.25.